The van der Waals surface area contributed by atoms with E-state index in [1.54, 1.807) is 19.1 Å². The summed E-state index contributed by atoms with van der Waals surface area (Å²) >= 11 is 1.40. The van der Waals surface area contributed by atoms with Crippen molar-refractivity contribution >= 4 is 39.1 Å². The van der Waals surface area contributed by atoms with Gasteiger partial charge in [0.1, 0.15) is 0 Å². The van der Waals surface area contributed by atoms with Crippen LogP contribution in [0.25, 0.3) is 0 Å². The third-order valence-corrected chi connectivity index (χ3v) is 3.90. The monoisotopic (exact) mass is 272 g/mol. The van der Waals surface area contributed by atoms with Gasteiger partial charge in [-0.15, -0.1) is 11.8 Å². The van der Waals surface area contributed by atoms with Gasteiger partial charge in [0.2, 0.25) is 15.9 Å². The standard InChI is InChI=1S/C10H12N2O3S2/c1-6-3-8-9(16-5-10(13)11-8)4-7(6)12-17(2,14)15/h3-4,12H,5H2,1-2H3,(H,11,13). The van der Waals surface area contributed by atoms with Crippen LogP contribution in [-0.2, 0) is 14.8 Å². The molecule has 92 valence electrons. The molecule has 7 heteroatoms. The molecule has 2 N–H and O–H groups in total. The predicted molar refractivity (Wildman–Crippen MR) is 69.0 cm³/mol. The van der Waals surface area contributed by atoms with Gasteiger partial charge in [0.15, 0.2) is 0 Å². The molecule has 1 aromatic rings. The number of rotatable bonds is 2. The number of hydrogen-bond donors (Lipinski definition) is 2. The Balaban J connectivity index is 2.41. The highest BCUT2D eigenvalue weighted by Gasteiger charge is 2.17. The third kappa shape index (κ3) is 2.92. The lowest BCUT2D eigenvalue weighted by Crippen LogP contribution is -2.19. The number of anilines is 2. The maximum absolute atomic E-state index is 11.2. The Morgan fingerprint density at radius 2 is 2.12 bits per heavy atom. The van der Waals surface area contributed by atoms with E-state index in [1.165, 1.54) is 11.8 Å². The van der Waals surface area contributed by atoms with Gasteiger partial charge in [-0.1, -0.05) is 0 Å². The quantitative estimate of drug-likeness (QED) is 0.853. The zero-order valence-electron chi connectivity index (χ0n) is 9.40. The number of nitrogens with one attached hydrogen (secondary N) is 2. The van der Waals surface area contributed by atoms with Crippen LogP contribution in [0, 0.1) is 6.92 Å². The predicted octanol–water partition coefficient (Wildman–Crippen LogP) is 1.41. The van der Waals surface area contributed by atoms with Crippen molar-refractivity contribution in [3.8, 4) is 0 Å². The van der Waals surface area contributed by atoms with Gasteiger partial charge in [-0.3, -0.25) is 9.52 Å². The Morgan fingerprint density at radius 3 is 2.76 bits per heavy atom. The Kier molecular flexibility index (Phi) is 3.05. The van der Waals surface area contributed by atoms with Crippen LogP contribution in [0.2, 0.25) is 0 Å². The van der Waals surface area contributed by atoms with Crippen molar-refractivity contribution < 1.29 is 13.2 Å². The van der Waals surface area contributed by atoms with Crippen molar-refractivity contribution in [1.29, 1.82) is 0 Å². The molecule has 0 aromatic heterocycles. The fourth-order valence-electron chi connectivity index (χ4n) is 1.54. The molecule has 5 nitrogen and oxygen atoms in total. The van der Waals surface area contributed by atoms with E-state index in [4.69, 9.17) is 0 Å². The van der Waals surface area contributed by atoms with E-state index >= 15 is 0 Å². The first-order valence-corrected chi connectivity index (χ1v) is 7.78. The van der Waals surface area contributed by atoms with Crippen molar-refractivity contribution in [1.82, 2.24) is 0 Å². The van der Waals surface area contributed by atoms with E-state index in [1.807, 2.05) is 0 Å². The molecular weight excluding hydrogens is 260 g/mol. The van der Waals surface area contributed by atoms with E-state index in [0.717, 1.165) is 22.4 Å². The normalized spacial score (nSPS) is 15.1. The molecule has 0 bridgehead atoms. The summed E-state index contributed by atoms with van der Waals surface area (Å²) in [5, 5.41) is 2.75. The molecular formula is C10H12N2O3S2. The molecule has 2 rings (SSSR count). The van der Waals surface area contributed by atoms with E-state index < -0.39 is 10.0 Å². The smallest absolute Gasteiger partial charge is 0.234 e. The number of sulfonamides is 1. The van der Waals surface area contributed by atoms with E-state index in [9.17, 15) is 13.2 Å². The molecule has 0 radical (unpaired) electrons. The minimum atomic E-state index is -3.28. The van der Waals surface area contributed by atoms with Crippen LogP contribution >= 0.6 is 11.8 Å². The average molecular weight is 272 g/mol. The average Bonchev–Trinajstić information content (AvgIpc) is 2.17. The Bertz CT molecular complexity index is 581. The number of thioether (sulfide) groups is 1. The number of hydrogen-bond acceptors (Lipinski definition) is 4. The fourth-order valence-corrected chi connectivity index (χ4v) is 2.99. The highest BCUT2D eigenvalue weighted by Crippen LogP contribution is 2.35. The zero-order chi connectivity index (χ0) is 12.6. The fraction of sp³-hybridized carbons (Fsp3) is 0.300. The largest absolute Gasteiger partial charge is 0.324 e. The Hall–Kier alpha value is -1.21. The molecule has 1 aliphatic heterocycles. The van der Waals surface area contributed by atoms with Gasteiger partial charge in [0.05, 0.1) is 23.4 Å². The minimum absolute atomic E-state index is 0.0364. The van der Waals surface area contributed by atoms with Crippen molar-refractivity contribution in [3.05, 3.63) is 17.7 Å². The summed E-state index contributed by atoms with van der Waals surface area (Å²) in [6.07, 6.45) is 1.11. The van der Waals surface area contributed by atoms with E-state index in [0.29, 0.717) is 11.4 Å². The Labute approximate surface area is 104 Å². The SMILES string of the molecule is Cc1cc2c(cc1NS(C)(=O)=O)SCC(=O)N2. The summed E-state index contributed by atoms with van der Waals surface area (Å²) in [6, 6.07) is 3.52. The summed E-state index contributed by atoms with van der Waals surface area (Å²) in [5.41, 5.74) is 2.06. The highest BCUT2D eigenvalue weighted by molar-refractivity contribution is 8.00. The van der Waals surface area contributed by atoms with Crippen LogP contribution < -0.4 is 10.0 Å². The van der Waals surface area contributed by atoms with Crippen molar-refractivity contribution in [3.63, 3.8) is 0 Å². The van der Waals surface area contributed by atoms with E-state index in [2.05, 4.69) is 10.0 Å². The molecule has 0 aliphatic carbocycles. The number of aryl methyl sites for hydroxylation is 1. The molecule has 1 amide bonds. The van der Waals surface area contributed by atoms with Gasteiger partial charge in [-0.2, -0.15) is 0 Å². The minimum Gasteiger partial charge on any atom is -0.324 e. The van der Waals surface area contributed by atoms with Gasteiger partial charge >= 0.3 is 0 Å². The van der Waals surface area contributed by atoms with Crippen LogP contribution in [0.1, 0.15) is 5.56 Å². The second kappa shape index (κ2) is 4.23. The van der Waals surface area contributed by atoms with Gasteiger partial charge in [-0.05, 0) is 24.6 Å². The first-order valence-electron chi connectivity index (χ1n) is 4.90. The van der Waals surface area contributed by atoms with Crippen LogP contribution in [0.4, 0.5) is 11.4 Å². The molecule has 0 saturated heterocycles. The van der Waals surface area contributed by atoms with Crippen molar-refractivity contribution in [2.75, 3.05) is 22.0 Å². The second-order valence-corrected chi connectivity index (χ2v) is 6.64. The highest BCUT2D eigenvalue weighted by atomic mass is 32.2. The van der Waals surface area contributed by atoms with Crippen molar-refractivity contribution in [2.45, 2.75) is 11.8 Å². The molecule has 0 saturated carbocycles. The lowest BCUT2D eigenvalue weighted by molar-refractivity contribution is -0.113. The lowest BCUT2D eigenvalue weighted by atomic mass is 10.2. The van der Waals surface area contributed by atoms with Crippen LogP contribution in [0.3, 0.4) is 0 Å². The molecule has 0 spiro atoms. The van der Waals surface area contributed by atoms with E-state index in [-0.39, 0.29) is 5.91 Å². The summed E-state index contributed by atoms with van der Waals surface area (Å²) in [4.78, 5) is 12.1. The summed E-state index contributed by atoms with van der Waals surface area (Å²) in [5.74, 6) is 0.319. The van der Waals surface area contributed by atoms with Gasteiger partial charge in [-0.25, -0.2) is 8.42 Å². The molecule has 0 fully saturated rings. The first-order chi connectivity index (χ1) is 7.85. The molecule has 17 heavy (non-hydrogen) atoms. The summed E-state index contributed by atoms with van der Waals surface area (Å²) < 4.78 is 24.8. The van der Waals surface area contributed by atoms with Gasteiger partial charge in [0, 0.05) is 4.90 Å². The molecule has 1 aliphatic rings. The maximum Gasteiger partial charge on any atom is 0.234 e. The van der Waals surface area contributed by atoms with Crippen LogP contribution in [0.5, 0.6) is 0 Å². The second-order valence-electron chi connectivity index (χ2n) is 3.87. The Morgan fingerprint density at radius 1 is 1.41 bits per heavy atom. The summed E-state index contributed by atoms with van der Waals surface area (Å²) in [7, 11) is -3.28. The lowest BCUT2D eigenvalue weighted by Gasteiger charge is -2.19. The van der Waals surface area contributed by atoms with Crippen molar-refractivity contribution in [2.24, 2.45) is 0 Å². The third-order valence-electron chi connectivity index (χ3n) is 2.25. The van der Waals surface area contributed by atoms with Gasteiger partial charge in [0.25, 0.3) is 0 Å². The maximum atomic E-state index is 11.2. The molecule has 1 heterocycles. The number of carbonyl (C=O) groups is 1. The number of fused-ring (bicyclic) bond motifs is 1. The topological polar surface area (TPSA) is 75.3 Å². The summed E-state index contributed by atoms with van der Waals surface area (Å²) in [6.45, 7) is 1.79. The molecule has 1 aromatic carbocycles. The van der Waals surface area contributed by atoms with Crippen LogP contribution in [-0.4, -0.2) is 26.3 Å². The van der Waals surface area contributed by atoms with Crippen LogP contribution in [0.15, 0.2) is 17.0 Å². The zero-order valence-corrected chi connectivity index (χ0v) is 11.0. The first kappa shape index (κ1) is 12.3. The number of amides is 1. The number of carbonyl (C=O) groups excluding carboxylic acids is 1. The molecule has 0 atom stereocenters. The molecule has 0 unspecified atom stereocenters. The van der Waals surface area contributed by atoms with Gasteiger partial charge < -0.3 is 5.32 Å². The number of benzene rings is 1.